The molecule has 0 aliphatic heterocycles. The van der Waals surface area contributed by atoms with E-state index in [1.807, 2.05) is 0 Å². The van der Waals surface area contributed by atoms with E-state index in [1.165, 1.54) is 122 Å². The van der Waals surface area contributed by atoms with Crippen molar-refractivity contribution < 1.29 is 39.4 Å². The SMILES string of the molecule is CC(C)CCCC(C)C1CCC2C3CC=C4CC(C(CCCOC(=O)c5cc(N)cc(N)c5)OO)CCC4(C)C3CCC12C.CC(C)CCCC(C)C1CCC2C3CCC4CC(C(CCCOC(=O)c5cc(N)cc(N)c5)OO)CCC4(C)C3CCC12C. The van der Waals surface area contributed by atoms with Crippen LogP contribution in [0, 0.1) is 110 Å². The molecule has 12 nitrogen and oxygen atoms in total. The van der Waals surface area contributed by atoms with Crippen molar-refractivity contribution in [3.63, 3.8) is 0 Å². The van der Waals surface area contributed by atoms with Gasteiger partial charge in [-0.15, -0.1) is 0 Å². The van der Waals surface area contributed by atoms with Crippen molar-refractivity contribution in [1.82, 2.24) is 0 Å². The van der Waals surface area contributed by atoms with Crippen molar-refractivity contribution >= 4 is 34.7 Å². The van der Waals surface area contributed by atoms with Crippen LogP contribution in [0.4, 0.5) is 22.7 Å². The van der Waals surface area contributed by atoms with Crippen LogP contribution < -0.4 is 22.9 Å². The molecule has 0 saturated heterocycles. The zero-order valence-electron chi connectivity index (χ0n) is 56.5. The molecule has 10 rings (SSSR count). The number of hydrogen-bond acceptors (Lipinski definition) is 12. The smallest absolute Gasteiger partial charge is 0.338 e. The van der Waals surface area contributed by atoms with Gasteiger partial charge in [0.15, 0.2) is 0 Å². The maximum Gasteiger partial charge on any atom is 0.338 e. The fourth-order valence-corrected chi connectivity index (χ4v) is 22.1. The van der Waals surface area contributed by atoms with Gasteiger partial charge in [-0.1, -0.05) is 119 Å². The Morgan fingerprint density at radius 1 is 0.500 bits per heavy atom. The van der Waals surface area contributed by atoms with Crippen molar-refractivity contribution in [3.8, 4) is 0 Å². The summed E-state index contributed by atoms with van der Waals surface area (Å²) in [6.45, 7) is 25.7. The summed E-state index contributed by atoms with van der Waals surface area (Å²) in [6.07, 6.45) is 35.2. The van der Waals surface area contributed by atoms with E-state index in [4.69, 9.17) is 42.2 Å². The molecule has 0 aromatic heterocycles. The summed E-state index contributed by atoms with van der Waals surface area (Å²) in [5.74, 6) is 10.8. The van der Waals surface area contributed by atoms with Crippen molar-refractivity contribution in [2.24, 2.45) is 110 Å². The first-order valence-corrected chi connectivity index (χ1v) is 35.9. The van der Waals surface area contributed by atoms with Crippen LogP contribution in [-0.4, -0.2) is 47.9 Å². The summed E-state index contributed by atoms with van der Waals surface area (Å²) in [5, 5.41) is 19.8. The fourth-order valence-electron chi connectivity index (χ4n) is 22.1. The lowest BCUT2D eigenvalue weighted by molar-refractivity contribution is -0.297. The number of carbonyl (C=O) groups is 2. The average molecular weight is 1220 g/mol. The highest BCUT2D eigenvalue weighted by molar-refractivity contribution is 5.92. The molecule has 2 aromatic carbocycles. The molecule has 12 heteroatoms. The number of fused-ring (bicyclic) bond motifs is 10. The topological polar surface area (TPSA) is 216 Å². The first-order chi connectivity index (χ1) is 41.9. The van der Waals surface area contributed by atoms with E-state index in [2.05, 4.69) is 75.3 Å². The Bertz CT molecular complexity index is 2620. The van der Waals surface area contributed by atoms with Gasteiger partial charge in [-0.25, -0.2) is 19.4 Å². The number of carbonyl (C=O) groups excluding carboxylic acids is 2. The van der Waals surface area contributed by atoms with E-state index in [0.717, 1.165) is 96.7 Å². The number of ether oxygens (including phenoxy) is 2. The molecule has 0 amide bonds. The van der Waals surface area contributed by atoms with Crippen LogP contribution in [-0.2, 0) is 19.2 Å². The van der Waals surface area contributed by atoms with Crippen molar-refractivity contribution in [1.29, 1.82) is 0 Å². The third-order valence-corrected chi connectivity index (χ3v) is 26.7. The van der Waals surface area contributed by atoms with Gasteiger partial charge >= 0.3 is 11.9 Å². The Morgan fingerprint density at radius 3 is 1.45 bits per heavy atom. The molecule has 19 unspecified atom stereocenters. The van der Waals surface area contributed by atoms with Gasteiger partial charge in [0.05, 0.1) is 36.5 Å². The Hall–Kier alpha value is -3.84. The number of nitrogens with two attached hydrogens (primary N) is 4. The monoisotopic (exact) mass is 1220 g/mol. The zero-order valence-corrected chi connectivity index (χ0v) is 56.5. The highest BCUT2D eigenvalue weighted by Gasteiger charge is 2.62. The molecule has 0 spiro atoms. The molecule has 7 saturated carbocycles. The van der Waals surface area contributed by atoms with Gasteiger partial charge in [0, 0.05) is 22.7 Å². The van der Waals surface area contributed by atoms with Gasteiger partial charge in [0.1, 0.15) is 0 Å². The second-order valence-corrected chi connectivity index (χ2v) is 32.6. The lowest BCUT2D eigenvalue weighted by Crippen LogP contribution is -2.54. The summed E-state index contributed by atoms with van der Waals surface area (Å²) >= 11 is 0. The van der Waals surface area contributed by atoms with Crippen molar-refractivity contribution in [3.05, 3.63) is 59.2 Å². The van der Waals surface area contributed by atoms with Crippen LogP contribution in [0.15, 0.2) is 48.0 Å². The number of benzene rings is 2. The van der Waals surface area contributed by atoms with Crippen LogP contribution in [0.5, 0.6) is 0 Å². The summed E-state index contributed by atoms with van der Waals surface area (Å²) in [5.41, 5.74) is 29.1. The number of esters is 2. The Balaban J connectivity index is 0.000000209. The maximum absolute atomic E-state index is 12.5. The van der Waals surface area contributed by atoms with E-state index >= 15 is 0 Å². The summed E-state index contributed by atoms with van der Waals surface area (Å²) in [4.78, 5) is 35.1. The molecular weight excluding hydrogens is 1100 g/mol. The van der Waals surface area contributed by atoms with E-state index in [9.17, 15) is 20.1 Å². The van der Waals surface area contributed by atoms with Crippen LogP contribution in [0.2, 0.25) is 0 Å². The minimum Gasteiger partial charge on any atom is -0.462 e. The molecule has 0 bridgehead atoms. The number of nitrogen functional groups attached to an aromatic ring is 4. The summed E-state index contributed by atoms with van der Waals surface area (Å²) in [6, 6.07) is 9.55. The molecule has 7 fully saturated rings. The lowest BCUT2D eigenvalue weighted by Gasteiger charge is -2.61. The standard InChI is InChI=1S/C38H62N2O4.C38H60N2O4/c2*1-24(2)8-6-9-25(3)32-13-14-33-31-12-11-28-20-26(15-17-37(28,4)34(31)16-18-38(32,33)5)35(44-42)10-7-19-43-36(41)27-21-29(39)23-30(40)22-27/h21-26,28,31-35,42H,6-20,39-40H2,1-5H3;11,21-26,31-35,42H,6-10,12-20,39-40H2,1-5H3. The molecule has 10 N–H and O–H groups in total. The molecule has 8 aliphatic rings. The third-order valence-electron chi connectivity index (χ3n) is 26.7. The zero-order chi connectivity index (χ0) is 63.3. The van der Waals surface area contributed by atoms with Crippen LogP contribution >= 0.6 is 0 Å². The van der Waals surface area contributed by atoms with Crippen LogP contribution in [0.25, 0.3) is 0 Å². The molecule has 494 valence electrons. The number of rotatable bonds is 24. The quantitative estimate of drug-likeness (QED) is 0.0145. The van der Waals surface area contributed by atoms with Gasteiger partial charge in [-0.3, -0.25) is 10.5 Å². The van der Waals surface area contributed by atoms with E-state index in [0.29, 0.717) is 87.6 Å². The Kier molecular flexibility index (Phi) is 22.9. The molecule has 8 aliphatic carbocycles. The summed E-state index contributed by atoms with van der Waals surface area (Å²) in [7, 11) is 0. The normalized spacial score (nSPS) is 35.3. The first kappa shape index (κ1) is 68.5. The van der Waals surface area contributed by atoms with Crippen LogP contribution in [0.3, 0.4) is 0 Å². The predicted molar refractivity (Wildman–Crippen MR) is 358 cm³/mol. The van der Waals surface area contributed by atoms with Crippen molar-refractivity contribution in [2.45, 2.75) is 255 Å². The Morgan fingerprint density at radius 2 is 0.955 bits per heavy atom. The molecule has 2 aromatic rings. The van der Waals surface area contributed by atoms with Gasteiger partial charge in [-0.2, -0.15) is 0 Å². The molecule has 88 heavy (non-hydrogen) atoms. The van der Waals surface area contributed by atoms with Crippen molar-refractivity contribution in [2.75, 3.05) is 36.1 Å². The van der Waals surface area contributed by atoms with Gasteiger partial charge in [-0.05, 0) is 282 Å². The van der Waals surface area contributed by atoms with Gasteiger partial charge in [0.2, 0.25) is 0 Å². The molecular formula is C76H122N4O8. The van der Waals surface area contributed by atoms with E-state index < -0.39 is 11.9 Å². The second-order valence-electron chi connectivity index (χ2n) is 32.6. The Labute approximate surface area is 532 Å². The second kappa shape index (κ2) is 29.4. The number of hydrogen-bond donors (Lipinski definition) is 6. The molecule has 0 heterocycles. The minimum absolute atomic E-state index is 0.207. The largest absolute Gasteiger partial charge is 0.462 e. The van der Waals surface area contributed by atoms with E-state index in [-0.39, 0.29) is 36.8 Å². The number of allylic oxidation sites excluding steroid dienone is 2. The van der Waals surface area contributed by atoms with E-state index in [1.54, 1.807) is 42.0 Å². The number of anilines is 4. The maximum atomic E-state index is 12.5. The molecule has 0 radical (unpaired) electrons. The van der Waals surface area contributed by atoms with Crippen LogP contribution in [0.1, 0.15) is 263 Å². The average Bonchev–Trinajstić information content (AvgIpc) is 1.34. The van der Waals surface area contributed by atoms with Gasteiger partial charge < -0.3 is 32.4 Å². The lowest BCUT2D eigenvalue weighted by atomic mass is 9.43. The first-order valence-electron chi connectivity index (χ1n) is 35.9. The molecule has 19 atom stereocenters. The minimum atomic E-state index is -0.432. The van der Waals surface area contributed by atoms with Gasteiger partial charge in [0.25, 0.3) is 0 Å². The highest BCUT2D eigenvalue weighted by Crippen LogP contribution is 2.70. The fraction of sp³-hybridized carbons (Fsp3) is 0.789. The highest BCUT2D eigenvalue weighted by atomic mass is 17.1. The predicted octanol–water partition coefficient (Wildman–Crippen LogP) is 18.7. The summed E-state index contributed by atoms with van der Waals surface area (Å²) < 4.78 is 11.0. The third kappa shape index (κ3) is 15.0.